The highest BCUT2D eigenvalue weighted by Crippen LogP contribution is 2.26. The van der Waals surface area contributed by atoms with E-state index in [2.05, 4.69) is 28.9 Å². The standard InChI is InChI=1S/C12H22N4O/c1-8(2)16-5-4-10(7-16)12-14-11(17-15-12)6-9(3)13/h8-10H,4-7,13H2,1-3H3. The molecule has 1 saturated heterocycles. The lowest BCUT2D eigenvalue weighted by Gasteiger charge is -2.19. The number of nitrogens with two attached hydrogens (primary N) is 1. The number of hydrogen-bond donors (Lipinski definition) is 1. The maximum Gasteiger partial charge on any atom is 0.228 e. The SMILES string of the molecule is CC(N)Cc1nc(C2CCN(C(C)C)C2)no1. The van der Waals surface area contributed by atoms with Gasteiger partial charge in [0.2, 0.25) is 5.89 Å². The van der Waals surface area contributed by atoms with E-state index >= 15 is 0 Å². The van der Waals surface area contributed by atoms with E-state index in [0.717, 1.165) is 25.3 Å². The molecule has 1 aromatic rings. The Morgan fingerprint density at radius 2 is 2.24 bits per heavy atom. The average molecular weight is 238 g/mol. The molecule has 1 aliphatic rings. The van der Waals surface area contributed by atoms with Crippen LogP contribution in [0.5, 0.6) is 0 Å². The van der Waals surface area contributed by atoms with Crippen molar-refractivity contribution < 1.29 is 4.52 Å². The van der Waals surface area contributed by atoms with Crippen molar-refractivity contribution in [1.82, 2.24) is 15.0 Å². The van der Waals surface area contributed by atoms with Gasteiger partial charge in [-0.05, 0) is 33.7 Å². The Hall–Kier alpha value is -0.940. The third kappa shape index (κ3) is 3.04. The summed E-state index contributed by atoms with van der Waals surface area (Å²) in [5.41, 5.74) is 5.71. The second-order valence-electron chi connectivity index (χ2n) is 5.30. The highest BCUT2D eigenvalue weighted by molar-refractivity contribution is 5.01. The van der Waals surface area contributed by atoms with Gasteiger partial charge in [0.15, 0.2) is 5.82 Å². The van der Waals surface area contributed by atoms with Crippen LogP contribution in [-0.4, -0.2) is 40.2 Å². The Labute approximate surface area is 102 Å². The van der Waals surface area contributed by atoms with Gasteiger partial charge in [0, 0.05) is 31.0 Å². The minimum absolute atomic E-state index is 0.0686. The van der Waals surface area contributed by atoms with E-state index in [1.165, 1.54) is 0 Å². The Kier molecular flexibility index (Phi) is 3.79. The Morgan fingerprint density at radius 1 is 1.47 bits per heavy atom. The van der Waals surface area contributed by atoms with Crippen molar-refractivity contribution in [2.24, 2.45) is 5.73 Å². The minimum Gasteiger partial charge on any atom is -0.339 e. The van der Waals surface area contributed by atoms with Gasteiger partial charge in [-0.1, -0.05) is 5.16 Å². The number of rotatable bonds is 4. The zero-order valence-corrected chi connectivity index (χ0v) is 10.9. The normalized spacial score (nSPS) is 23.5. The smallest absolute Gasteiger partial charge is 0.228 e. The van der Waals surface area contributed by atoms with E-state index in [0.29, 0.717) is 24.3 Å². The summed E-state index contributed by atoms with van der Waals surface area (Å²) < 4.78 is 5.22. The summed E-state index contributed by atoms with van der Waals surface area (Å²) in [4.78, 5) is 6.89. The van der Waals surface area contributed by atoms with Gasteiger partial charge in [-0.3, -0.25) is 0 Å². The molecule has 0 amide bonds. The summed E-state index contributed by atoms with van der Waals surface area (Å²) in [6, 6.07) is 0.662. The highest BCUT2D eigenvalue weighted by atomic mass is 16.5. The summed E-state index contributed by atoms with van der Waals surface area (Å²) >= 11 is 0. The van der Waals surface area contributed by atoms with Gasteiger partial charge in [-0.25, -0.2) is 0 Å². The molecule has 96 valence electrons. The number of likely N-dealkylation sites (tertiary alicyclic amines) is 1. The molecular weight excluding hydrogens is 216 g/mol. The second-order valence-corrected chi connectivity index (χ2v) is 5.30. The number of aromatic nitrogens is 2. The zero-order valence-electron chi connectivity index (χ0n) is 10.9. The number of nitrogens with zero attached hydrogens (tertiary/aromatic N) is 3. The molecular formula is C12H22N4O. The Balaban J connectivity index is 1.97. The van der Waals surface area contributed by atoms with Crippen LogP contribution in [0, 0.1) is 0 Å². The lowest BCUT2D eigenvalue weighted by Crippen LogP contribution is -2.28. The first kappa shape index (κ1) is 12.5. The molecule has 5 heteroatoms. The molecule has 0 bridgehead atoms. The summed E-state index contributed by atoms with van der Waals surface area (Å²) in [6.45, 7) is 8.55. The van der Waals surface area contributed by atoms with Crippen LogP contribution in [0.25, 0.3) is 0 Å². The predicted molar refractivity (Wildman–Crippen MR) is 65.7 cm³/mol. The third-order valence-corrected chi connectivity index (χ3v) is 3.30. The first-order valence-electron chi connectivity index (χ1n) is 6.38. The third-order valence-electron chi connectivity index (χ3n) is 3.30. The molecule has 2 rings (SSSR count). The van der Waals surface area contributed by atoms with Gasteiger partial charge < -0.3 is 15.2 Å². The quantitative estimate of drug-likeness (QED) is 0.852. The molecule has 17 heavy (non-hydrogen) atoms. The fourth-order valence-electron chi connectivity index (χ4n) is 2.26. The van der Waals surface area contributed by atoms with Gasteiger partial charge >= 0.3 is 0 Å². The minimum atomic E-state index is 0.0686. The summed E-state index contributed by atoms with van der Waals surface area (Å²) in [5, 5.41) is 4.08. The molecule has 1 aromatic heterocycles. The van der Waals surface area contributed by atoms with Crippen molar-refractivity contribution in [2.45, 2.75) is 51.6 Å². The fourth-order valence-corrected chi connectivity index (χ4v) is 2.26. The van der Waals surface area contributed by atoms with Crippen molar-refractivity contribution in [3.8, 4) is 0 Å². The van der Waals surface area contributed by atoms with Crippen LogP contribution in [0.15, 0.2) is 4.52 Å². The highest BCUT2D eigenvalue weighted by Gasteiger charge is 2.28. The first-order valence-corrected chi connectivity index (χ1v) is 6.38. The maximum atomic E-state index is 5.71. The van der Waals surface area contributed by atoms with Crippen LogP contribution in [0.1, 0.15) is 44.8 Å². The first-order chi connectivity index (χ1) is 8.06. The van der Waals surface area contributed by atoms with Crippen molar-refractivity contribution in [1.29, 1.82) is 0 Å². The topological polar surface area (TPSA) is 68.2 Å². The van der Waals surface area contributed by atoms with Crippen LogP contribution in [0.3, 0.4) is 0 Å². The predicted octanol–water partition coefficient (Wildman–Crippen LogP) is 1.16. The van der Waals surface area contributed by atoms with Crippen LogP contribution in [0.4, 0.5) is 0 Å². The summed E-state index contributed by atoms with van der Waals surface area (Å²) in [6.07, 6.45) is 1.78. The molecule has 1 aliphatic heterocycles. The zero-order chi connectivity index (χ0) is 12.4. The molecule has 2 atom stereocenters. The largest absolute Gasteiger partial charge is 0.339 e. The lowest BCUT2D eigenvalue weighted by molar-refractivity contribution is 0.271. The Morgan fingerprint density at radius 3 is 2.82 bits per heavy atom. The van der Waals surface area contributed by atoms with Crippen molar-refractivity contribution in [3.05, 3.63) is 11.7 Å². The van der Waals surface area contributed by atoms with E-state index in [1.807, 2.05) is 6.92 Å². The maximum absolute atomic E-state index is 5.71. The van der Waals surface area contributed by atoms with Crippen molar-refractivity contribution >= 4 is 0 Å². The lowest BCUT2D eigenvalue weighted by atomic mass is 10.1. The van der Waals surface area contributed by atoms with Crippen LogP contribution in [-0.2, 0) is 6.42 Å². The van der Waals surface area contributed by atoms with E-state index in [9.17, 15) is 0 Å². The van der Waals surface area contributed by atoms with Gasteiger partial charge in [0.05, 0.1) is 0 Å². The summed E-state index contributed by atoms with van der Waals surface area (Å²) in [7, 11) is 0. The molecule has 0 spiro atoms. The molecule has 0 saturated carbocycles. The Bertz CT molecular complexity index is 361. The molecule has 0 radical (unpaired) electrons. The van der Waals surface area contributed by atoms with E-state index in [1.54, 1.807) is 0 Å². The monoisotopic (exact) mass is 238 g/mol. The van der Waals surface area contributed by atoms with Gasteiger partial charge in [-0.15, -0.1) is 0 Å². The molecule has 0 aromatic carbocycles. The number of hydrogen-bond acceptors (Lipinski definition) is 5. The molecule has 0 aliphatic carbocycles. The van der Waals surface area contributed by atoms with Gasteiger partial charge in [-0.2, -0.15) is 4.98 Å². The average Bonchev–Trinajstić information content (AvgIpc) is 2.83. The molecule has 2 heterocycles. The van der Waals surface area contributed by atoms with Crippen LogP contribution < -0.4 is 5.73 Å². The molecule has 2 N–H and O–H groups in total. The van der Waals surface area contributed by atoms with Crippen LogP contribution >= 0.6 is 0 Å². The van der Waals surface area contributed by atoms with E-state index in [-0.39, 0.29) is 6.04 Å². The van der Waals surface area contributed by atoms with E-state index in [4.69, 9.17) is 10.3 Å². The molecule has 2 unspecified atom stereocenters. The van der Waals surface area contributed by atoms with Crippen molar-refractivity contribution in [3.63, 3.8) is 0 Å². The van der Waals surface area contributed by atoms with Crippen molar-refractivity contribution in [2.75, 3.05) is 13.1 Å². The molecule has 1 fully saturated rings. The van der Waals surface area contributed by atoms with Gasteiger partial charge in [0.25, 0.3) is 0 Å². The second kappa shape index (κ2) is 5.14. The molecule has 5 nitrogen and oxygen atoms in total. The van der Waals surface area contributed by atoms with E-state index < -0.39 is 0 Å². The van der Waals surface area contributed by atoms with Crippen LogP contribution in [0.2, 0.25) is 0 Å². The summed E-state index contributed by atoms with van der Waals surface area (Å²) in [5.74, 6) is 1.93. The fraction of sp³-hybridized carbons (Fsp3) is 0.833. The van der Waals surface area contributed by atoms with Gasteiger partial charge in [0.1, 0.15) is 0 Å².